The zero-order valence-electron chi connectivity index (χ0n) is 15.0. The first-order chi connectivity index (χ1) is 12.5. The van der Waals surface area contributed by atoms with Gasteiger partial charge in [0.25, 0.3) is 5.91 Å². The molecule has 2 aromatic heterocycles. The number of nitrogens with zero attached hydrogens (tertiary/aromatic N) is 6. The van der Waals surface area contributed by atoms with E-state index in [-0.39, 0.29) is 23.3 Å². The van der Waals surface area contributed by atoms with E-state index in [1.165, 1.54) is 12.4 Å². The lowest BCUT2D eigenvalue weighted by atomic mass is 9.74. The lowest BCUT2D eigenvalue weighted by Gasteiger charge is -2.46. The lowest BCUT2D eigenvalue weighted by Crippen LogP contribution is -2.55. The molecule has 0 N–H and O–H groups in total. The first-order valence-electron chi connectivity index (χ1n) is 8.82. The van der Waals surface area contributed by atoms with Gasteiger partial charge in [0, 0.05) is 58.1 Å². The predicted octanol–water partition coefficient (Wildman–Crippen LogP) is 0.831. The van der Waals surface area contributed by atoms with Gasteiger partial charge < -0.3 is 9.80 Å². The van der Waals surface area contributed by atoms with Crippen LogP contribution in [-0.2, 0) is 11.8 Å². The molecule has 8 heteroatoms. The Labute approximate surface area is 151 Å². The van der Waals surface area contributed by atoms with Gasteiger partial charge in [-0.05, 0) is 18.4 Å². The highest BCUT2D eigenvalue weighted by Gasteiger charge is 2.53. The van der Waals surface area contributed by atoms with Crippen LogP contribution in [-0.4, -0.2) is 67.0 Å². The van der Waals surface area contributed by atoms with Crippen molar-refractivity contribution in [2.45, 2.75) is 30.7 Å². The Kier molecular flexibility index (Phi) is 3.97. The molecule has 2 amide bonds. The Morgan fingerprint density at radius 1 is 1.19 bits per heavy atom. The summed E-state index contributed by atoms with van der Waals surface area (Å²) in [7, 11) is 3.78. The summed E-state index contributed by atoms with van der Waals surface area (Å²) < 4.78 is 1.78. The van der Waals surface area contributed by atoms with Gasteiger partial charge in [0.2, 0.25) is 5.91 Å². The highest BCUT2D eigenvalue weighted by molar-refractivity contribution is 5.92. The molecule has 4 rings (SSSR count). The SMILES string of the molecule is CN1C(=O)CC(c2cnn(C)c2)C12CCN(C(=O)c1cnccn1)CC2. The van der Waals surface area contributed by atoms with E-state index in [1.807, 2.05) is 36.3 Å². The number of carbonyl (C=O) groups is 2. The Bertz CT molecular complexity index is 825. The molecule has 4 heterocycles. The molecule has 0 aromatic carbocycles. The summed E-state index contributed by atoms with van der Waals surface area (Å²) in [5, 5.41) is 4.28. The minimum atomic E-state index is -0.251. The second kappa shape index (κ2) is 6.19. The summed E-state index contributed by atoms with van der Waals surface area (Å²) in [6.45, 7) is 1.20. The van der Waals surface area contributed by atoms with Gasteiger partial charge in [-0.2, -0.15) is 5.10 Å². The molecular weight excluding hydrogens is 332 g/mol. The zero-order chi connectivity index (χ0) is 18.3. The topological polar surface area (TPSA) is 84.2 Å². The fourth-order valence-electron chi connectivity index (χ4n) is 4.38. The number of likely N-dealkylation sites (N-methyl/N-ethyl adjacent to an activating group) is 1. The molecule has 2 fully saturated rings. The van der Waals surface area contributed by atoms with E-state index < -0.39 is 0 Å². The molecule has 2 aliphatic rings. The molecule has 1 atom stereocenters. The van der Waals surface area contributed by atoms with Crippen molar-refractivity contribution in [3.63, 3.8) is 0 Å². The zero-order valence-corrected chi connectivity index (χ0v) is 15.0. The molecule has 1 unspecified atom stereocenters. The van der Waals surface area contributed by atoms with Crippen LogP contribution in [0.5, 0.6) is 0 Å². The highest BCUT2D eigenvalue weighted by atomic mass is 16.2. The van der Waals surface area contributed by atoms with Gasteiger partial charge >= 0.3 is 0 Å². The Balaban J connectivity index is 1.55. The summed E-state index contributed by atoms with van der Waals surface area (Å²) in [5.74, 6) is 0.174. The molecular formula is C18H22N6O2. The second-order valence-electron chi connectivity index (χ2n) is 7.14. The van der Waals surface area contributed by atoms with Crippen molar-refractivity contribution in [1.29, 1.82) is 0 Å². The van der Waals surface area contributed by atoms with Crippen molar-refractivity contribution in [3.05, 3.63) is 42.2 Å². The van der Waals surface area contributed by atoms with Crippen molar-refractivity contribution in [1.82, 2.24) is 29.5 Å². The van der Waals surface area contributed by atoms with E-state index >= 15 is 0 Å². The van der Waals surface area contributed by atoms with Crippen LogP contribution in [0.25, 0.3) is 0 Å². The van der Waals surface area contributed by atoms with Crippen LogP contribution in [0.3, 0.4) is 0 Å². The third kappa shape index (κ3) is 2.56. The van der Waals surface area contributed by atoms with Crippen molar-refractivity contribution < 1.29 is 9.59 Å². The lowest BCUT2D eigenvalue weighted by molar-refractivity contribution is -0.130. The van der Waals surface area contributed by atoms with Crippen LogP contribution in [0.15, 0.2) is 31.0 Å². The minimum absolute atomic E-state index is 0.0992. The molecule has 8 nitrogen and oxygen atoms in total. The average molecular weight is 354 g/mol. The summed E-state index contributed by atoms with van der Waals surface area (Å²) >= 11 is 0. The second-order valence-corrected chi connectivity index (χ2v) is 7.14. The van der Waals surface area contributed by atoms with E-state index in [1.54, 1.807) is 10.9 Å². The van der Waals surface area contributed by atoms with Crippen LogP contribution in [0.2, 0.25) is 0 Å². The molecule has 26 heavy (non-hydrogen) atoms. The van der Waals surface area contributed by atoms with E-state index in [0.29, 0.717) is 25.2 Å². The standard InChI is InChI=1S/C18H22N6O2/c1-22-12-13(10-21-22)14-9-16(25)23(2)18(14)3-7-24(8-4-18)17(26)15-11-19-5-6-20-15/h5-6,10-12,14H,3-4,7-9H2,1-2H3. The fraction of sp³-hybridized carbons (Fsp3) is 0.500. The molecule has 1 spiro atoms. The smallest absolute Gasteiger partial charge is 0.274 e. The number of amides is 2. The van der Waals surface area contributed by atoms with Gasteiger partial charge in [0.15, 0.2) is 0 Å². The Morgan fingerprint density at radius 2 is 1.96 bits per heavy atom. The first-order valence-corrected chi connectivity index (χ1v) is 8.82. The normalized spacial score (nSPS) is 22.2. The maximum Gasteiger partial charge on any atom is 0.274 e. The van der Waals surface area contributed by atoms with Crippen LogP contribution < -0.4 is 0 Å². The van der Waals surface area contributed by atoms with Gasteiger partial charge in [0.1, 0.15) is 5.69 Å². The molecule has 2 aromatic rings. The maximum atomic E-state index is 12.6. The van der Waals surface area contributed by atoms with E-state index in [0.717, 1.165) is 18.4 Å². The predicted molar refractivity (Wildman–Crippen MR) is 93.2 cm³/mol. The average Bonchev–Trinajstić information content (AvgIpc) is 3.20. The van der Waals surface area contributed by atoms with Crippen LogP contribution in [0.4, 0.5) is 0 Å². The Morgan fingerprint density at radius 3 is 2.58 bits per heavy atom. The van der Waals surface area contributed by atoms with Crippen molar-refractivity contribution in [2.24, 2.45) is 7.05 Å². The van der Waals surface area contributed by atoms with E-state index in [2.05, 4.69) is 15.1 Å². The fourth-order valence-corrected chi connectivity index (χ4v) is 4.38. The monoisotopic (exact) mass is 354 g/mol. The van der Waals surface area contributed by atoms with Gasteiger partial charge in [-0.25, -0.2) is 4.98 Å². The molecule has 0 aliphatic carbocycles. The number of likely N-dealkylation sites (tertiary alicyclic amines) is 2. The number of carbonyl (C=O) groups excluding carboxylic acids is 2. The minimum Gasteiger partial charge on any atom is -0.339 e. The molecule has 0 bridgehead atoms. The number of hydrogen-bond donors (Lipinski definition) is 0. The molecule has 136 valence electrons. The number of piperidine rings is 1. The number of rotatable bonds is 2. The molecule has 0 radical (unpaired) electrons. The summed E-state index contributed by atoms with van der Waals surface area (Å²) in [5.41, 5.74) is 1.21. The largest absolute Gasteiger partial charge is 0.339 e. The number of aromatic nitrogens is 4. The van der Waals surface area contributed by atoms with Gasteiger partial charge in [0.05, 0.1) is 17.9 Å². The number of hydrogen-bond acceptors (Lipinski definition) is 5. The molecule has 2 aliphatic heterocycles. The van der Waals surface area contributed by atoms with Gasteiger partial charge in [-0.1, -0.05) is 0 Å². The van der Waals surface area contributed by atoms with Crippen molar-refractivity contribution in [2.75, 3.05) is 20.1 Å². The summed E-state index contributed by atoms with van der Waals surface area (Å²) in [6, 6.07) is 0. The Hall–Kier alpha value is -2.77. The van der Waals surface area contributed by atoms with Crippen molar-refractivity contribution in [3.8, 4) is 0 Å². The molecule has 2 saturated heterocycles. The first kappa shape index (κ1) is 16.7. The maximum absolute atomic E-state index is 12.6. The van der Waals surface area contributed by atoms with E-state index in [4.69, 9.17) is 0 Å². The third-order valence-corrected chi connectivity index (χ3v) is 5.90. The van der Waals surface area contributed by atoms with Crippen molar-refractivity contribution >= 4 is 11.8 Å². The highest BCUT2D eigenvalue weighted by Crippen LogP contribution is 2.48. The molecule has 0 saturated carbocycles. The van der Waals surface area contributed by atoms with E-state index in [9.17, 15) is 9.59 Å². The van der Waals surface area contributed by atoms with Gasteiger partial charge in [-0.3, -0.25) is 19.3 Å². The third-order valence-electron chi connectivity index (χ3n) is 5.90. The van der Waals surface area contributed by atoms with Crippen LogP contribution >= 0.6 is 0 Å². The van der Waals surface area contributed by atoms with Crippen LogP contribution in [0.1, 0.15) is 41.2 Å². The quantitative estimate of drug-likeness (QED) is 0.798. The van der Waals surface area contributed by atoms with Crippen LogP contribution in [0, 0.1) is 0 Å². The summed E-state index contributed by atoms with van der Waals surface area (Å²) in [4.78, 5) is 36.9. The number of aryl methyl sites for hydroxylation is 1. The summed E-state index contributed by atoms with van der Waals surface area (Å²) in [6.07, 6.45) is 10.4. The van der Waals surface area contributed by atoms with Gasteiger partial charge in [-0.15, -0.1) is 0 Å².